The van der Waals surface area contributed by atoms with Gasteiger partial charge in [0.1, 0.15) is 11.3 Å². The van der Waals surface area contributed by atoms with Crippen molar-refractivity contribution in [2.45, 2.75) is 18.8 Å². The first-order valence-corrected chi connectivity index (χ1v) is 8.60. The van der Waals surface area contributed by atoms with E-state index in [1.807, 2.05) is 6.07 Å². The molecule has 1 amide bonds. The van der Waals surface area contributed by atoms with Crippen LogP contribution in [0.2, 0.25) is 0 Å². The van der Waals surface area contributed by atoms with Crippen LogP contribution in [-0.4, -0.2) is 46.0 Å². The van der Waals surface area contributed by atoms with Crippen molar-refractivity contribution in [1.82, 2.24) is 19.7 Å². The number of nitrogens with zero attached hydrogens (tertiary/aromatic N) is 3. The Morgan fingerprint density at radius 2 is 2.19 bits per heavy atom. The van der Waals surface area contributed by atoms with Gasteiger partial charge in [-0.2, -0.15) is 5.10 Å². The molecule has 1 aliphatic rings. The number of aromatic nitrogens is 4. The second kappa shape index (κ2) is 6.80. The molecule has 4 rings (SSSR count). The number of amides is 1. The zero-order valence-corrected chi connectivity index (χ0v) is 14.8. The molecule has 3 heterocycles. The fourth-order valence-electron chi connectivity index (χ4n) is 3.37. The third-order valence-corrected chi connectivity index (χ3v) is 4.72. The molecule has 26 heavy (non-hydrogen) atoms. The summed E-state index contributed by atoms with van der Waals surface area (Å²) < 4.78 is 12.5. The first-order chi connectivity index (χ1) is 12.7. The third kappa shape index (κ3) is 3.03. The van der Waals surface area contributed by atoms with Gasteiger partial charge in [0.15, 0.2) is 0 Å². The van der Waals surface area contributed by atoms with Crippen molar-refractivity contribution in [3.05, 3.63) is 35.7 Å². The first-order valence-electron chi connectivity index (χ1n) is 8.60. The van der Waals surface area contributed by atoms with Gasteiger partial charge >= 0.3 is 0 Å². The van der Waals surface area contributed by atoms with Crippen LogP contribution in [0.15, 0.2) is 24.5 Å². The van der Waals surface area contributed by atoms with Crippen molar-refractivity contribution in [3.8, 4) is 5.75 Å². The van der Waals surface area contributed by atoms with E-state index in [9.17, 15) is 4.79 Å². The standard InChI is InChI=1S/C18H21N5O3/c1-23-10-12(9-19-23)17(24)22-18-20-15-13(11-5-7-26-8-6-11)3-4-14(25-2)16(15)21-18/h3-4,9-11H,5-8H2,1-2H3,(H2,20,21,22,24). The molecule has 2 aromatic heterocycles. The number of imidazole rings is 1. The number of ether oxygens (including phenoxy) is 2. The molecule has 0 atom stereocenters. The van der Waals surface area contributed by atoms with Crippen LogP contribution in [0, 0.1) is 0 Å². The predicted molar refractivity (Wildman–Crippen MR) is 96.6 cm³/mol. The van der Waals surface area contributed by atoms with Crippen molar-refractivity contribution in [2.24, 2.45) is 7.05 Å². The number of hydrogen-bond donors (Lipinski definition) is 2. The second-order valence-electron chi connectivity index (χ2n) is 6.41. The van der Waals surface area contributed by atoms with E-state index in [-0.39, 0.29) is 5.91 Å². The average molecular weight is 355 g/mol. The number of rotatable bonds is 4. The summed E-state index contributed by atoms with van der Waals surface area (Å²) in [7, 11) is 3.39. The lowest BCUT2D eigenvalue weighted by molar-refractivity contribution is 0.0856. The molecule has 8 heteroatoms. The molecule has 3 aromatic rings. The van der Waals surface area contributed by atoms with Crippen molar-refractivity contribution in [1.29, 1.82) is 0 Å². The number of carbonyl (C=O) groups excluding carboxylic acids is 1. The fraction of sp³-hybridized carbons (Fsp3) is 0.389. The van der Waals surface area contributed by atoms with E-state index < -0.39 is 0 Å². The smallest absolute Gasteiger partial charge is 0.261 e. The number of benzene rings is 1. The molecule has 0 spiro atoms. The maximum absolute atomic E-state index is 12.4. The molecule has 1 aromatic carbocycles. The number of carbonyl (C=O) groups is 1. The fourth-order valence-corrected chi connectivity index (χ4v) is 3.37. The Hall–Kier alpha value is -2.87. The minimum Gasteiger partial charge on any atom is -0.494 e. The van der Waals surface area contributed by atoms with Gasteiger partial charge in [0.25, 0.3) is 5.91 Å². The van der Waals surface area contributed by atoms with Gasteiger partial charge in [-0.25, -0.2) is 4.98 Å². The van der Waals surface area contributed by atoms with Crippen molar-refractivity contribution < 1.29 is 14.3 Å². The summed E-state index contributed by atoms with van der Waals surface area (Å²) in [6.07, 6.45) is 5.11. The Bertz CT molecular complexity index is 940. The summed E-state index contributed by atoms with van der Waals surface area (Å²) in [4.78, 5) is 20.2. The lowest BCUT2D eigenvalue weighted by Gasteiger charge is -2.22. The van der Waals surface area contributed by atoms with Gasteiger partial charge in [-0.1, -0.05) is 6.07 Å². The van der Waals surface area contributed by atoms with Gasteiger partial charge in [0.05, 0.1) is 24.4 Å². The van der Waals surface area contributed by atoms with Gasteiger partial charge < -0.3 is 14.5 Å². The number of nitrogens with one attached hydrogen (secondary N) is 2. The summed E-state index contributed by atoms with van der Waals surface area (Å²) >= 11 is 0. The number of hydrogen-bond acceptors (Lipinski definition) is 5. The highest BCUT2D eigenvalue weighted by molar-refractivity contribution is 6.04. The Morgan fingerprint density at radius 1 is 1.38 bits per heavy atom. The van der Waals surface area contributed by atoms with E-state index in [4.69, 9.17) is 9.47 Å². The summed E-state index contributed by atoms with van der Waals surface area (Å²) in [6.45, 7) is 1.51. The van der Waals surface area contributed by atoms with Gasteiger partial charge in [-0.15, -0.1) is 0 Å². The minimum absolute atomic E-state index is 0.260. The summed E-state index contributed by atoms with van der Waals surface area (Å²) in [5, 5.41) is 6.82. The summed E-state index contributed by atoms with van der Waals surface area (Å²) in [6, 6.07) is 4.00. The average Bonchev–Trinajstić information content (AvgIpc) is 3.27. The SMILES string of the molecule is COc1ccc(C2CCOCC2)c2nc(NC(=O)c3cnn(C)c3)[nH]c12. The van der Waals surface area contributed by atoms with Crippen molar-refractivity contribution >= 4 is 22.9 Å². The van der Waals surface area contributed by atoms with Crippen LogP contribution >= 0.6 is 0 Å². The molecule has 1 saturated heterocycles. The van der Waals surface area contributed by atoms with E-state index in [2.05, 4.69) is 26.4 Å². The number of anilines is 1. The predicted octanol–water partition coefficient (Wildman–Crippen LogP) is 2.45. The first kappa shape index (κ1) is 16.6. The molecule has 0 aliphatic carbocycles. The highest BCUT2D eigenvalue weighted by Gasteiger charge is 2.22. The number of H-pyrrole nitrogens is 1. The molecule has 2 N–H and O–H groups in total. The number of aryl methyl sites for hydroxylation is 1. The van der Waals surface area contributed by atoms with Crippen LogP contribution in [0.1, 0.15) is 34.7 Å². The molecule has 0 radical (unpaired) electrons. The third-order valence-electron chi connectivity index (χ3n) is 4.72. The number of fused-ring (bicyclic) bond motifs is 1. The maximum Gasteiger partial charge on any atom is 0.261 e. The maximum atomic E-state index is 12.4. The van der Waals surface area contributed by atoms with Crippen LogP contribution < -0.4 is 10.1 Å². The van der Waals surface area contributed by atoms with Crippen molar-refractivity contribution in [2.75, 3.05) is 25.6 Å². The zero-order valence-electron chi connectivity index (χ0n) is 14.8. The number of aromatic amines is 1. The van der Waals surface area contributed by atoms with Crippen LogP contribution in [0.25, 0.3) is 11.0 Å². The number of methoxy groups -OCH3 is 1. The summed E-state index contributed by atoms with van der Waals surface area (Å²) in [5.41, 5.74) is 3.25. The van der Waals surface area contributed by atoms with Gasteiger partial charge in [0, 0.05) is 26.5 Å². The van der Waals surface area contributed by atoms with Crippen LogP contribution in [0.3, 0.4) is 0 Å². The minimum atomic E-state index is -0.260. The highest BCUT2D eigenvalue weighted by Crippen LogP contribution is 2.36. The molecule has 0 unspecified atom stereocenters. The largest absolute Gasteiger partial charge is 0.494 e. The Kier molecular flexibility index (Phi) is 4.34. The molecular weight excluding hydrogens is 334 g/mol. The normalized spacial score (nSPS) is 15.3. The quantitative estimate of drug-likeness (QED) is 0.750. The Labute approximate surface area is 150 Å². The molecule has 1 aliphatic heterocycles. The van der Waals surface area contributed by atoms with Crippen LogP contribution in [-0.2, 0) is 11.8 Å². The van der Waals surface area contributed by atoms with E-state index in [1.165, 1.54) is 6.20 Å². The van der Waals surface area contributed by atoms with E-state index in [1.54, 1.807) is 25.0 Å². The van der Waals surface area contributed by atoms with Gasteiger partial charge in [-0.05, 0) is 30.4 Å². The van der Waals surface area contributed by atoms with Crippen LogP contribution in [0.5, 0.6) is 5.75 Å². The lowest BCUT2D eigenvalue weighted by Crippen LogP contribution is -2.14. The summed E-state index contributed by atoms with van der Waals surface area (Å²) in [5.74, 6) is 1.22. The van der Waals surface area contributed by atoms with Crippen molar-refractivity contribution in [3.63, 3.8) is 0 Å². The lowest BCUT2D eigenvalue weighted by atomic mass is 9.90. The second-order valence-corrected chi connectivity index (χ2v) is 6.41. The van der Waals surface area contributed by atoms with Gasteiger partial charge in [-0.3, -0.25) is 14.8 Å². The molecule has 0 saturated carbocycles. The van der Waals surface area contributed by atoms with E-state index >= 15 is 0 Å². The van der Waals surface area contributed by atoms with E-state index in [0.29, 0.717) is 23.2 Å². The van der Waals surface area contributed by atoms with Gasteiger partial charge in [0.2, 0.25) is 5.95 Å². The zero-order chi connectivity index (χ0) is 18.1. The molecule has 0 bridgehead atoms. The molecule has 8 nitrogen and oxygen atoms in total. The highest BCUT2D eigenvalue weighted by atomic mass is 16.5. The van der Waals surface area contributed by atoms with E-state index in [0.717, 1.165) is 42.7 Å². The molecular formula is C18H21N5O3. The Balaban J connectivity index is 1.69. The topological polar surface area (TPSA) is 94.1 Å². The Morgan fingerprint density at radius 3 is 2.88 bits per heavy atom. The van der Waals surface area contributed by atoms with Crippen LogP contribution in [0.4, 0.5) is 5.95 Å². The molecule has 1 fully saturated rings. The molecule has 136 valence electrons. The monoisotopic (exact) mass is 355 g/mol.